The largest absolute Gasteiger partial charge is 0.480 e. The summed E-state index contributed by atoms with van der Waals surface area (Å²) in [5, 5.41) is 49.6. The molecule has 0 radical (unpaired) electrons. The Morgan fingerprint density at radius 3 is 2.35 bits per heavy atom. The average molecular weight is 371 g/mol. The number of carbonyl (C=O) groups excluding carboxylic acids is 1. The van der Waals surface area contributed by atoms with E-state index in [1.54, 1.807) is 30.3 Å². The van der Waals surface area contributed by atoms with Gasteiger partial charge in [0.25, 0.3) is 0 Å². The van der Waals surface area contributed by atoms with Crippen molar-refractivity contribution in [2.24, 2.45) is 0 Å². The predicted molar refractivity (Wildman–Crippen MR) is 85.0 cm³/mol. The van der Waals surface area contributed by atoms with Crippen molar-refractivity contribution in [3.8, 4) is 0 Å². The molecule has 0 aromatic heterocycles. The number of nitrogens with one attached hydrogen (secondary N) is 1. The number of ether oxygens (including phenoxy) is 2. The molecule has 0 saturated carbocycles. The molecule has 1 aromatic carbocycles. The second-order valence-electron chi connectivity index (χ2n) is 5.83. The maximum atomic E-state index is 12.0. The molecule has 10 heteroatoms. The van der Waals surface area contributed by atoms with Gasteiger partial charge >= 0.3 is 12.1 Å². The van der Waals surface area contributed by atoms with Gasteiger partial charge in [0, 0.05) is 6.42 Å². The zero-order valence-electron chi connectivity index (χ0n) is 13.6. The fraction of sp³-hybridized carbons (Fsp3) is 0.500. The first-order chi connectivity index (χ1) is 12.3. The Morgan fingerprint density at radius 1 is 1.12 bits per heavy atom. The van der Waals surface area contributed by atoms with E-state index in [0.29, 0.717) is 5.56 Å². The number of benzene rings is 1. The third kappa shape index (κ3) is 4.90. The fourth-order valence-electron chi connectivity index (χ4n) is 2.50. The van der Waals surface area contributed by atoms with E-state index < -0.39 is 55.4 Å². The van der Waals surface area contributed by atoms with Crippen LogP contribution in [0.15, 0.2) is 30.3 Å². The molecule has 1 aliphatic heterocycles. The number of aliphatic hydroxyl groups excluding tert-OH is 4. The lowest BCUT2D eigenvalue weighted by Crippen LogP contribution is -2.60. The number of carboxylic acid groups (broad SMARTS) is 1. The molecule has 0 bridgehead atoms. The topological polar surface area (TPSA) is 166 Å². The molecule has 26 heavy (non-hydrogen) atoms. The average Bonchev–Trinajstić information content (AvgIpc) is 2.62. The number of rotatable bonds is 6. The van der Waals surface area contributed by atoms with Gasteiger partial charge in [-0.3, -0.25) is 0 Å². The van der Waals surface area contributed by atoms with E-state index in [1.165, 1.54) is 0 Å². The monoisotopic (exact) mass is 371 g/mol. The van der Waals surface area contributed by atoms with E-state index in [9.17, 15) is 30.0 Å². The molecule has 6 atom stereocenters. The van der Waals surface area contributed by atoms with Crippen LogP contribution in [0.25, 0.3) is 0 Å². The molecule has 10 nitrogen and oxygen atoms in total. The molecule has 2 rings (SSSR count). The molecular weight excluding hydrogens is 350 g/mol. The van der Waals surface area contributed by atoms with Gasteiger partial charge in [0.05, 0.1) is 6.61 Å². The van der Waals surface area contributed by atoms with E-state index in [1.807, 2.05) is 0 Å². The van der Waals surface area contributed by atoms with Crippen molar-refractivity contribution in [3.63, 3.8) is 0 Å². The normalized spacial score (nSPS) is 29.6. The molecule has 0 spiro atoms. The number of carbonyl (C=O) groups is 2. The molecule has 1 aliphatic rings. The van der Waals surface area contributed by atoms with E-state index in [0.717, 1.165) is 0 Å². The van der Waals surface area contributed by atoms with Gasteiger partial charge in [-0.2, -0.15) is 0 Å². The van der Waals surface area contributed by atoms with Crippen LogP contribution in [0.1, 0.15) is 5.56 Å². The van der Waals surface area contributed by atoms with Gasteiger partial charge in [-0.15, -0.1) is 0 Å². The van der Waals surface area contributed by atoms with Crippen LogP contribution in [0, 0.1) is 0 Å². The van der Waals surface area contributed by atoms with Crippen molar-refractivity contribution in [1.29, 1.82) is 0 Å². The number of hydrogen-bond donors (Lipinski definition) is 6. The number of hydrogen-bond acceptors (Lipinski definition) is 8. The fourth-order valence-corrected chi connectivity index (χ4v) is 2.50. The van der Waals surface area contributed by atoms with Gasteiger partial charge in [0.1, 0.15) is 30.5 Å². The zero-order valence-corrected chi connectivity index (χ0v) is 13.6. The van der Waals surface area contributed by atoms with Crippen LogP contribution in [0.5, 0.6) is 0 Å². The smallest absolute Gasteiger partial charge is 0.410 e. The summed E-state index contributed by atoms with van der Waals surface area (Å²) in [5.74, 6) is -1.29. The van der Waals surface area contributed by atoms with Crippen LogP contribution in [0.2, 0.25) is 0 Å². The Kier molecular flexibility index (Phi) is 6.89. The maximum Gasteiger partial charge on any atom is 0.410 e. The Hall–Kier alpha value is -2.24. The predicted octanol–water partition coefficient (Wildman–Crippen LogP) is -1.79. The summed E-state index contributed by atoms with van der Waals surface area (Å²) in [6.45, 7) is -0.682. The highest BCUT2D eigenvalue weighted by molar-refractivity contribution is 5.80. The zero-order chi connectivity index (χ0) is 19.3. The first kappa shape index (κ1) is 20.1. The third-order valence-corrected chi connectivity index (χ3v) is 3.94. The van der Waals surface area contributed by atoms with Crippen molar-refractivity contribution < 1.29 is 44.6 Å². The molecule has 1 aromatic rings. The molecule has 1 heterocycles. The SMILES string of the molecule is O=C(N[C@H](Cc1ccccc1)C(=O)O)O[C@@H]1O[C@H](CO)[C@@H](O)[C@H](O)[C@H]1O. The highest BCUT2D eigenvalue weighted by Crippen LogP contribution is 2.22. The lowest BCUT2D eigenvalue weighted by atomic mass is 9.99. The molecule has 1 amide bonds. The first-order valence-corrected chi connectivity index (χ1v) is 7.88. The summed E-state index contributed by atoms with van der Waals surface area (Å²) in [5.41, 5.74) is 0.674. The van der Waals surface area contributed by atoms with Crippen LogP contribution < -0.4 is 5.32 Å². The van der Waals surface area contributed by atoms with Gasteiger partial charge in [0.2, 0.25) is 6.29 Å². The van der Waals surface area contributed by atoms with E-state index >= 15 is 0 Å². The van der Waals surface area contributed by atoms with Crippen LogP contribution >= 0.6 is 0 Å². The van der Waals surface area contributed by atoms with E-state index in [4.69, 9.17) is 14.6 Å². The summed E-state index contributed by atoms with van der Waals surface area (Å²) in [6, 6.07) is 7.30. The van der Waals surface area contributed by atoms with Gasteiger partial charge in [-0.25, -0.2) is 9.59 Å². The molecule has 144 valence electrons. The second kappa shape index (κ2) is 8.92. The summed E-state index contributed by atoms with van der Waals surface area (Å²) >= 11 is 0. The molecule has 0 aliphatic carbocycles. The number of carboxylic acids is 1. The molecule has 0 unspecified atom stereocenters. The molecule has 1 saturated heterocycles. The van der Waals surface area contributed by atoms with Crippen LogP contribution in [-0.4, -0.2) is 80.9 Å². The van der Waals surface area contributed by atoms with Crippen LogP contribution in [0.3, 0.4) is 0 Å². The van der Waals surface area contributed by atoms with Crippen molar-refractivity contribution in [2.75, 3.05) is 6.61 Å². The minimum Gasteiger partial charge on any atom is -0.480 e. The Balaban J connectivity index is 1.98. The standard InChI is InChI=1S/C16H21NO9/c18-7-10-11(19)12(20)13(21)15(25-10)26-16(24)17-9(14(22)23)6-8-4-2-1-3-5-8/h1-5,9-13,15,18-21H,6-7H2,(H,17,24)(H,22,23)/t9-,10-,11-,12+,13-,15+/m1/s1. The summed E-state index contributed by atoms with van der Waals surface area (Å²) in [4.78, 5) is 23.3. The van der Waals surface area contributed by atoms with E-state index in [2.05, 4.69) is 5.32 Å². The lowest BCUT2D eigenvalue weighted by Gasteiger charge is -2.39. The van der Waals surface area contributed by atoms with Crippen LogP contribution in [-0.2, 0) is 20.7 Å². The van der Waals surface area contributed by atoms with Gasteiger partial charge < -0.3 is 40.3 Å². The Bertz CT molecular complexity index is 609. The number of amides is 1. The van der Waals surface area contributed by atoms with Crippen molar-refractivity contribution >= 4 is 12.1 Å². The Labute approximate surface area is 148 Å². The Morgan fingerprint density at radius 2 is 1.77 bits per heavy atom. The number of alkyl carbamates (subject to hydrolysis) is 1. The maximum absolute atomic E-state index is 12.0. The van der Waals surface area contributed by atoms with Crippen molar-refractivity contribution in [3.05, 3.63) is 35.9 Å². The second-order valence-corrected chi connectivity index (χ2v) is 5.83. The van der Waals surface area contributed by atoms with Gasteiger partial charge in [-0.1, -0.05) is 30.3 Å². The van der Waals surface area contributed by atoms with Gasteiger partial charge in [0.15, 0.2) is 0 Å². The molecular formula is C16H21NO9. The van der Waals surface area contributed by atoms with Crippen molar-refractivity contribution in [1.82, 2.24) is 5.32 Å². The summed E-state index contributed by atoms with van der Waals surface area (Å²) < 4.78 is 9.83. The van der Waals surface area contributed by atoms with Crippen LogP contribution in [0.4, 0.5) is 4.79 Å². The lowest BCUT2D eigenvalue weighted by molar-refractivity contribution is -0.285. The minimum atomic E-state index is -1.77. The summed E-state index contributed by atoms with van der Waals surface area (Å²) in [7, 11) is 0. The summed E-state index contributed by atoms with van der Waals surface area (Å²) in [6.07, 6.45) is -9.20. The highest BCUT2D eigenvalue weighted by Gasteiger charge is 2.45. The quantitative estimate of drug-likeness (QED) is 0.338. The molecule has 1 fully saturated rings. The third-order valence-electron chi connectivity index (χ3n) is 3.94. The first-order valence-electron chi connectivity index (χ1n) is 7.88. The number of aliphatic hydroxyl groups is 4. The number of aliphatic carboxylic acids is 1. The van der Waals surface area contributed by atoms with E-state index in [-0.39, 0.29) is 6.42 Å². The minimum absolute atomic E-state index is 0.0000449. The van der Waals surface area contributed by atoms with Crippen molar-refractivity contribution in [2.45, 2.75) is 43.2 Å². The highest BCUT2D eigenvalue weighted by atomic mass is 16.7. The molecule has 6 N–H and O–H groups in total. The van der Waals surface area contributed by atoms with Gasteiger partial charge in [-0.05, 0) is 5.56 Å².